The van der Waals surface area contributed by atoms with Gasteiger partial charge in [-0.15, -0.1) is 0 Å². The summed E-state index contributed by atoms with van der Waals surface area (Å²) in [7, 11) is 3.95. The zero-order valence-corrected chi connectivity index (χ0v) is 54.7. The van der Waals surface area contributed by atoms with Gasteiger partial charge >= 0.3 is 17.9 Å². The summed E-state index contributed by atoms with van der Waals surface area (Å²) in [4.78, 5) is 58.1. The maximum absolute atomic E-state index is 14.2. The number of hydrogen-bond acceptors (Lipinski definition) is 12. The second-order valence-electron chi connectivity index (χ2n) is 22.1. The molecule has 0 spiro atoms. The van der Waals surface area contributed by atoms with E-state index in [0.717, 1.165) is 161 Å². The summed E-state index contributed by atoms with van der Waals surface area (Å²) < 4.78 is 42.6. The molecule has 0 saturated carbocycles. The smallest absolute Gasteiger partial charge is 0.306 e. The first kappa shape index (κ1) is 80.7. The Kier molecular flexibility index (Phi) is 62.7. The van der Waals surface area contributed by atoms with E-state index in [4.69, 9.17) is 33.2 Å². The van der Waals surface area contributed by atoms with E-state index in [2.05, 4.69) is 104 Å². The van der Waals surface area contributed by atoms with Crippen LogP contribution >= 0.6 is 0 Å². The molecule has 0 aromatic rings. The highest BCUT2D eigenvalue weighted by atomic mass is 16.7. The van der Waals surface area contributed by atoms with Crippen molar-refractivity contribution in [3.05, 3.63) is 48.6 Å². The van der Waals surface area contributed by atoms with E-state index in [9.17, 15) is 19.2 Å². The summed E-state index contributed by atoms with van der Waals surface area (Å²) in [5.41, 5.74) is 0. The van der Waals surface area contributed by atoms with Crippen LogP contribution in [0.4, 0.5) is 0 Å². The molecule has 0 bridgehead atoms. The number of amides is 1. The van der Waals surface area contributed by atoms with E-state index in [1.165, 1.54) is 6.42 Å². The van der Waals surface area contributed by atoms with Crippen molar-refractivity contribution in [2.24, 2.45) is 0 Å². The Bertz CT molecular complexity index is 1430. The molecule has 0 aliphatic carbocycles. The lowest BCUT2D eigenvalue weighted by molar-refractivity contribution is -0.156. The second-order valence-corrected chi connectivity index (χ2v) is 22.1. The quantitative estimate of drug-likeness (QED) is 0.0188. The molecule has 1 amide bonds. The maximum atomic E-state index is 14.2. The van der Waals surface area contributed by atoms with E-state index < -0.39 is 6.04 Å². The van der Waals surface area contributed by atoms with Crippen molar-refractivity contribution in [2.45, 2.75) is 305 Å². The highest BCUT2D eigenvalue weighted by Gasteiger charge is 2.28. The third-order valence-electron chi connectivity index (χ3n) is 13.5. The summed E-state index contributed by atoms with van der Waals surface area (Å²) in [6.45, 7) is 20.3. The average Bonchev–Trinajstić information content (AvgIpc) is 3.47. The van der Waals surface area contributed by atoms with Gasteiger partial charge in [-0.3, -0.25) is 19.2 Å². The Morgan fingerprint density at radius 3 is 1.18 bits per heavy atom. The lowest BCUT2D eigenvalue weighted by Gasteiger charge is -2.32. The number of allylic oxidation sites excluding steroid dienone is 8. The summed E-state index contributed by atoms with van der Waals surface area (Å²) in [6.07, 6.45) is 46.2. The molecule has 0 rings (SSSR count). The van der Waals surface area contributed by atoms with Crippen molar-refractivity contribution in [2.75, 3.05) is 66.8 Å². The second kappa shape index (κ2) is 63.7. The van der Waals surface area contributed by atoms with Crippen LogP contribution in [0, 0.1) is 0 Å². The third-order valence-corrected chi connectivity index (χ3v) is 13.5. The van der Waals surface area contributed by atoms with Gasteiger partial charge in [0.2, 0.25) is 5.91 Å². The molecular weight excluding hydrogens is 1030 g/mol. The van der Waals surface area contributed by atoms with Crippen LogP contribution in [0.15, 0.2) is 48.6 Å². The Balaban J connectivity index is 0. The highest BCUT2D eigenvalue weighted by Crippen LogP contribution is 2.18. The number of hydrogen-bond donors (Lipinski definition) is 0. The molecule has 0 aromatic heterocycles. The van der Waals surface area contributed by atoms with Gasteiger partial charge in [-0.05, 0) is 188 Å². The molecule has 0 aliphatic heterocycles. The van der Waals surface area contributed by atoms with Crippen LogP contribution in [0.5, 0.6) is 0 Å². The van der Waals surface area contributed by atoms with E-state index in [1.54, 1.807) is 4.90 Å². The lowest BCUT2D eigenvalue weighted by Crippen LogP contribution is -2.47. The van der Waals surface area contributed by atoms with Crippen LogP contribution in [-0.2, 0) is 52.3 Å². The zero-order chi connectivity index (χ0) is 60.8. The Hall–Kier alpha value is -3.36. The normalized spacial score (nSPS) is 12.3. The predicted molar refractivity (Wildman–Crippen MR) is 341 cm³/mol. The summed E-state index contributed by atoms with van der Waals surface area (Å²) >= 11 is 0. The topological polar surface area (TPSA) is 139 Å². The molecule has 0 fully saturated rings. The van der Waals surface area contributed by atoms with Crippen molar-refractivity contribution in [1.29, 1.82) is 0 Å². The zero-order valence-electron chi connectivity index (χ0n) is 54.7. The molecule has 1 atom stereocenters. The van der Waals surface area contributed by atoms with E-state index in [1.807, 2.05) is 19.0 Å². The maximum Gasteiger partial charge on any atom is 0.306 e. The monoisotopic (exact) mass is 1160 g/mol. The van der Waals surface area contributed by atoms with Crippen molar-refractivity contribution >= 4 is 23.8 Å². The number of esters is 3. The van der Waals surface area contributed by atoms with Crippen LogP contribution < -0.4 is 0 Å². The molecule has 13 heteroatoms. The largest absolute Gasteiger partial charge is 0.463 e. The number of rotatable bonds is 58. The van der Waals surface area contributed by atoms with Crippen LogP contribution in [0.1, 0.15) is 280 Å². The van der Waals surface area contributed by atoms with Crippen molar-refractivity contribution in [3.63, 3.8) is 0 Å². The Morgan fingerprint density at radius 2 is 0.805 bits per heavy atom. The third kappa shape index (κ3) is 55.8. The van der Waals surface area contributed by atoms with Crippen LogP contribution in [0.25, 0.3) is 0 Å². The fourth-order valence-electron chi connectivity index (χ4n) is 8.84. The fourth-order valence-corrected chi connectivity index (χ4v) is 8.84. The fraction of sp³-hybridized carbons (Fsp3) is 0.826. The summed E-state index contributed by atoms with van der Waals surface area (Å²) in [5, 5.41) is 0. The Labute approximate surface area is 504 Å². The molecule has 82 heavy (non-hydrogen) atoms. The van der Waals surface area contributed by atoms with E-state index in [-0.39, 0.29) is 81.4 Å². The first-order chi connectivity index (χ1) is 40.0. The van der Waals surface area contributed by atoms with Crippen molar-refractivity contribution < 1.29 is 52.3 Å². The molecule has 0 radical (unpaired) electrons. The van der Waals surface area contributed by atoms with E-state index >= 15 is 0 Å². The minimum Gasteiger partial charge on any atom is -0.463 e. The van der Waals surface area contributed by atoms with Gasteiger partial charge in [0.25, 0.3) is 0 Å². The van der Waals surface area contributed by atoms with Crippen molar-refractivity contribution in [3.8, 4) is 0 Å². The van der Waals surface area contributed by atoms with Gasteiger partial charge < -0.3 is 43.0 Å². The number of unbranched alkanes of at least 4 members (excludes halogenated alkanes) is 13. The Morgan fingerprint density at radius 1 is 0.390 bits per heavy atom. The van der Waals surface area contributed by atoms with Gasteiger partial charge in [0, 0.05) is 52.2 Å². The summed E-state index contributed by atoms with van der Waals surface area (Å²) in [6, 6.07) is -0.743. The minimum absolute atomic E-state index is 0.0630. The first-order valence-corrected chi connectivity index (χ1v) is 33.5. The average molecular weight is 1160 g/mol. The number of carbonyl (C=O) groups is 4. The van der Waals surface area contributed by atoms with Crippen LogP contribution in [0.2, 0.25) is 0 Å². The van der Waals surface area contributed by atoms with Gasteiger partial charge in [0.15, 0.2) is 12.6 Å². The van der Waals surface area contributed by atoms with Gasteiger partial charge in [-0.25, -0.2) is 0 Å². The van der Waals surface area contributed by atoms with Gasteiger partial charge in [0.1, 0.15) is 19.3 Å². The minimum atomic E-state index is -0.743. The van der Waals surface area contributed by atoms with Gasteiger partial charge in [0.05, 0.1) is 12.5 Å². The highest BCUT2D eigenvalue weighted by molar-refractivity contribution is 5.82. The molecule has 0 N–H and O–H groups in total. The van der Waals surface area contributed by atoms with Crippen molar-refractivity contribution in [1.82, 2.24) is 9.80 Å². The number of nitrogens with zero attached hydrogens (tertiary/aromatic N) is 2. The SMILES string of the molecule is CC/C=C\CCCCOC(CCCCC(=O)OCC(COC(=O)CCCCC(OCCCC/C=C\CC)OCCCC/C=C\CC)N(CCCN(C)C)C(=O)CCC(=O)OC(CCC)CCCCCC)OCCCC/C=C\CC.CCC. The number of carbonyl (C=O) groups excluding carboxylic acids is 4. The molecule has 0 aliphatic rings. The van der Waals surface area contributed by atoms with Gasteiger partial charge in [-0.1, -0.05) is 136 Å². The molecule has 0 heterocycles. The molecule has 13 nitrogen and oxygen atoms in total. The lowest BCUT2D eigenvalue weighted by atomic mass is 10.1. The number of ether oxygens (including phenoxy) is 7. The van der Waals surface area contributed by atoms with Gasteiger partial charge in [-0.2, -0.15) is 0 Å². The molecule has 0 saturated heterocycles. The van der Waals surface area contributed by atoms with E-state index in [0.29, 0.717) is 71.6 Å². The van der Waals surface area contributed by atoms with Crippen LogP contribution in [0.3, 0.4) is 0 Å². The molecule has 0 aromatic carbocycles. The van der Waals surface area contributed by atoms with Crippen LogP contribution in [-0.4, -0.2) is 125 Å². The molecular formula is C69H128N2O11. The predicted octanol–water partition coefficient (Wildman–Crippen LogP) is 17.5. The standard InChI is InChI=1S/C66H120N2O11.C3H8/c1-9-15-20-25-29-38-53-73-65(74-54-39-30-26-21-16-10-2)47-36-34-45-62(70)77-57-59(68(52-42-51-67(7)8)61(69)49-50-64(72)79-60(43-14-6)44-33-24-19-13-5)58-78-63(71)46-35-37-48-66(75-55-40-31-27-22-17-11-3)76-56-41-32-28-23-18-12-4;1-3-2/h15-18,20-23,59-60,65-66H,9-14,19,24-58H2,1-8H3;3H2,1-2H3/b20-15-,21-16-,22-17-,23-18-;. The summed E-state index contributed by atoms with van der Waals surface area (Å²) in [5.74, 6) is -1.44. The molecule has 480 valence electrons. The first-order valence-electron chi connectivity index (χ1n) is 33.5. The molecule has 1 unspecified atom stereocenters.